The highest BCUT2D eigenvalue weighted by molar-refractivity contribution is 5.91. The maximum Gasteiger partial charge on any atom is 0.271 e. The summed E-state index contributed by atoms with van der Waals surface area (Å²) in [6.07, 6.45) is 2.10. The van der Waals surface area contributed by atoms with Crippen LogP contribution in [0.15, 0.2) is 35.3 Å². The molecule has 0 unspecified atom stereocenters. The zero-order valence-electron chi connectivity index (χ0n) is 14.2. The topological polar surface area (TPSA) is 100 Å². The molecule has 132 valence electrons. The molecule has 2 aromatic heterocycles. The van der Waals surface area contributed by atoms with Crippen LogP contribution in [-0.4, -0.2) is 46.4 Å². The lowest BCUT2D eigenvalue weighted by Gasteiger charge is -2.36. The SMILES string of the molecule is C[C@@H]1CN(c2ccc(CNC(=O)c3ccc(=O)[nH]n3)cn2)C[C@@H](C)O1. The summed E-state index contributed by atoms with van der Waals surface area (Å²) in [5.74, 6) is 0.551. The molecule has 8 heteroatoms. The summed E-state index contributed by atoms with van der Waals surface area (Å²) in [6.45, 7) is 6.06. The lowest BCUT2D eigenvalue weighted by molar-refractivity contribution is -0.00546. The first-order valence-electron chi connectivity index (χ1n) is 8.20. The van der Waals surface area contributed by atoms with Crippen molar-refractivity contribution in [1.82, 2.24) is 20.5 Å². The smallest absolute Gasteiger partial charge is 0.271 e. The van der Waals surface area contributed by atoms with Crippen molar-refractivity contribution in [2.75, 3.05) is 18.0 Å². The monoisotopic (exact) mass is 343 g/mol. The Balaban J connectivity index is 1.58. The molecule has 0 spiro atoms. The highest BCUT2D eigenvalue weighted by Crippen LogP contribution is 2.18. The van der Waals surface area contributed by atoms with Gasteiger partial charge >= 0.3 is 0 Å². The average molecular weight is 343 g/mol. The molecule has 0 bridgehead atoms. The predicted octanol–water partition coefficient (Wildman–Crippen LogP) is 0.708. The molecule has 0 aromatic carbocycles. The molecule has 2 atom stereocenters. The lowest BCUT2D eigenvalue weighted by atomic mass is 10.2. The van der Waals surface area contributed by atoms with Gasteiger partial charge in [0.05, 0.1) is 12.2 Å². The van der Waals surface area contributed by atoms with Gasteiger partial charge in [0.1, 0.15) is 11.5 Å². The van der Waals surface area contributed by atoms with Crippen LogP contribution in [0.1, 0.15) is 29.9 Å². The van der Waals surface area contributed by atoms with Gasteiger partial charge in [-0.25, -0.2) is 10.1 Å². The van der Waals surface area contributed by atoms with E-state index >= 15 is 0 Å². The van der Waals surface area contributed by atoms with Gasteiger partial charge in [0.2, 0.25) is 0 Å². The normalized spacial score (nSPS) is 20.3. The van der Waals surface area contributed by atoms with Crippen LogP contribution in [0.25, 0.3) is 0 Å². The number of pyridine rings is 1. The Morgan fingerprint density at radius 1 is 1.28 bits per heavy atom. The van der Waals surface area contributed by atoms with E-state index in [1.54, 1.807) is 6.20 Å². The first kappa shape index (κ1) is 17.1. The molecule has 0 radical (unpaired) electrons. The number of rotatable bonds is 4. The Hall–Kier alpha value is -2.74. The van der Waals surface area contributed by atoms with E-state index < -0.39 is 0 Å². The molecule has 25 heavy (non-hydrogen) atoms. The molecule has 0 aliphatic carbocycles. The molecule has 8 nitrogen and oxygen atoms in total. The number of aromatic amines is 1. The fourth-order valence-electron chi connectivity index (χ4n) is 2.82. The van der Waals surface area contributed by atoms with Gasteiger partial charge in [-0.3, -0.25) is 9.59 Å². The van der Waals surface area contributed by atoms with Gasteiger partial charge in [0, 0.05) is 31.9 Å². The molecule has 1 saturated heterocycles. The van der Waals surface area contributed by atoms with Crippen LogP contribution in [0.3, 0.4) is 0 Å². The molecule has 2 N–H and O–H groups in total. The summed E-state index contributed by atoms with van der Waals surface area (Å²) in [5, 5.41) is 8.68. The Kier molecular flexibility index (Phi) is 5.08. The Morgan fingerprint density at radius 2 is 2.04 bits per heavy atom. The predicted molar refractivity (Wildman–Crippen MR) is 92.5 cm³/mol. The minimum atomic E-state index is -0.351. The second kappa shape index (κ2) is 7.43. The Bertz CT molecular complexity index is 759. The number of carbonyl (C=O) groups excluding carboxylic acids is 1. The van der Waals surface area contributed by atoms with Gasteiger partial charge in [-0.15, -0.1) is 0 Å². The highest BCUT2D eigenvalue weighted by Gasteiger charge is 2.22. The molecule has 0 saturated carbocycles. The molecule has 3 heterocycles. The molecule has 1 amide bonds. The molecule has 1 fully saturated rings. The second-order valence-electron chi connectivity index (χ2n) is 6.18. The number of aromatic nitrogens is 3. The second-order valence-corrected chi connectivity index (χ2v) is 6.18. The van der Waals surface area contributed by atoms with Crippen molar-refractivity contribution in [2.45, 2.75) is 32.6 Å². The van der Waals surface area contributed by atoms with Gasteiger partial charge in [-0.1, -0.05) is 6.07 Å². The fourth-order valence-corrected chi connectivity index (χ4v) is 2.82. The number of ether oxygens (including phenoxy) is 1. The van der Waals surface area contributed by atoms with E-state index in [1.165, 1.54) is 12.1 Å². The molecular weight excluding hydrogens is 322 g/mol. The fraction of sp³-hybridized carbons (Fsp3) is 0.412. The van der Waals surface area contributed by atoms with E-state index in [4.69, 9.17) is 4.74 Å². The average Bonchev–Trinajstić information content (AvgIpc) is 2.60. The van der Waals surface area contributed by atoms with Crippen LogP contribution < -0.4 is 15.8 Å². The van der Waals surface area contributed by atoms with Crippen molar-refractivity contribution in [3.8, 4) is 0 Å². The number of H-pyrrole nitrogens is 1. The lowest BCUT2D eigenvalue weighted by Crippen LogP contribution is -2.45. The van der Waals surface area contributed by atoms with Crippen molar-refractivity contribution >= 4 is 11.7 Å². The molecule has 1 aliphatic heterocycles. The first-order valence-corrected chi connectivity index (χ1v) is 8.20. The molecule has 2 aromatic rings. The summed E-state index contributed by atoms with van der Waals surface area (Å²) in [5.41, 5.74) is 0.708. The number of anilines is 1. The summed E-state index contributed by atoms with van der Waals surface area (Å²) in [4.78, 5) is 29.6. The van der Waals surface area contributed by atoms with Crippen LogP contribution in [0, 0.1) is 0 Å². The largest absolute Gasteiger partial charge is 0.372 e. The summed E-state index contributed by atoms with van der Waals surface area (Å²) in [7, 11) is 0. The van der Waals surface area contributed by atoms with E-state index in [-0.39, 0.29) is 29.4 Å². The third kappa shape index (κ3) is 4.42. The minimum Gasteiger partial charge on any atom is -0.372 e. The van der Waals surface area contributed by atoms with Crippen molar-refractivity contribution < 1.29 is 9.53 Å². The van der Waals surface area contributed by atoms with Gasteiger partial charge < -0.3 is 15.0 Å². The summed E-state index contributed by atoms with van der Waals surface area (Å²) in [6, 6.07) is 6.54. The standard InChI is InChI=1S/C17H21N5O3/c1-11-9-22(10-12(2)25-11)15-5-3-13(7-18-15)8-19-17(24)14-4-6-16(23)21-20-14/h3-7,11-12H,8-10H2,1-2H3,(H,19,24)(H,21,23)/t11-,12-/m1/s1. The Labute approximate surface area is 145 Å². The van der Waals surface area contributed by atoms with Gasteiger partial charge in [-0.2, -0.15) is 5.10 Å². The Morgan fingerprint density at radius 3 is 2.64 bits per heavy atom. The first-order chi connectivity index (χ1) is 12.0. The van der Waals surface area contributed by atoms with E-state index in [9.17, 15) is 9.59 Å². The van der Waals surface area contributed by atoms with E-state index in [1.807, 2.05) is 12.1 Å². The van der Waals surface area contributed by atoms with Gasteiger partial charge in [0.25, 0.3) is 11.5 Å². The van der Waals surface area contributed by atoms with Crippen LogP contribution in [0.5, 0.6) is 0 Å². The molecular formula is C17H21N5O3. The number of morpholine rings is 1. The third-order valence-corrected chi connectivity index (χ3v) is 3.92. The van der Waals surface area contributed by atoms with Gasteiger partial charge in [-0.05, 0) is 31.5 Å². The number of carbonyl (C=O) groups is 1. The van der Waals surface area contributed by atoms with Crippen molar-refractivity contribution in [1.29, 1.82) is 0 Å². The maximum absolute atomic E-state index is 12.0. The zero-order valence-corrected chi connectivity index (χ0v) is 14.2. The number of nitrogens with one attached hydrogen (secondary N) is 2. The van der Waals surface area contributed by atoms with Crippen LogP contribution >= 0.6 is 0 Å². The van der Waals surface area contributed by atoms with Crippen molar-refractivity contribution in [3.05, 3.63) is 52.1 Å². The molecule has 1 aliphatic rings. The summed E-state index contributed by atoms with van der Waals surface area (Å²) >= 11 is 0. The quantitative estimate of drug-likeness (QED) is 0.848. The highest BCUT2D eigenvalue weighted by atomic mass is 16.5. The number of amides is 1. The van der Waals surface area contributed by atoms with Crippen LogP contribution in [0.2, 0.25) is 0 Å². The summed E-state index contributed by atoms with van der Waals surface area (Å²) < 4.78 is 5.73. The number of hydrogen-bond acceptors (Lipinski definition) is 6. The van der Waals surface area contributed by atoms with E-state index in [0.29, 0.717) is 6.54 Å². The molecule has 3 rings (SSSR count). The van der Waals surface area contributed by atoms with E-state index in [0.717, 1.165) is 24.5 Å². The number of hydrogen-bond donors (Lipinski definition) is 2. The van der Waals surface area contributed by atoms with Crippen molar-refractivity contribution in [2.24, 2.45) is 0 Å². The van der Waals surface area contributed by atoms with E-state index in [2.05, 4.69) is 39.2 Å². The van der Waals surface area contributed by atoms with Crippen LogP contribution in [0.4, 0.5) is 5.82 Å². The van der Waals surface area contributed by atoms with Crippen LogP contribution in [-0.2, 0) is 11.3 Å². The zero-order chi connectivity index (χ0) is 17.8. The number of nitrogens with zero attached hydrogens (tertiary/aromatic N) is 3. The third-order valence-electron chi connectivity index (χ3n) is 3.92. The van der Waals surface area contributed by atoms with Gasteiger partial charge in [0.15, 0.2) is 0 Å². The minimum absolute atomic E-state index is 0.167. The maximum atomic E-state index is 12.0. The van der Waals surface area contributed by atoms with Crippen molar-refractivity contribution in [3.63, 3.8) is 0 Å².